The molecule has 1 atom stereocenters. The number of nitrogens with zero attached hydrogens (tertiary/aromatic N) is 2. The van der Waals surface area contributed by atoms with Gasteiger partial charge < -0.3 is 4.90 Å². The third kappa shape index (κ3) is 4.32. The Bertz CT molecular complexity index is 998. The molecule has 3 rings (SSSR count). The zero-order chi connectivity index (χ0) is 22.3. The van der Waals surface area contributed by atoms with E-state index in [-0.39, 0.29) is 22.6 Å². The third-order valence-corrected chi connectivity index (χ3v) is 5.57. The molecule has 0 aromatic heterocycles. The van der Waals surface area contributed by atoms with Gasteiger partial charge in [0.2, 0.25) is 0 Å². The lowest BCUT2D eigenvalue weighted by molar-refractivity contribution is -0.137. The van der Waals surface area contributed by atoms with Gasteiger partial charge >= 0.3 is 6.18 Å². The van der Waals surface area contributed by atoms with Crippen molar-refractivity contribution in [2.45, 2.75) is 44.8 Å². The number of halogens is 4. The lowest BCUT2D eigenvalue weighted by Crippen LogP contribution is -2.45. The first-order chi connectivity index (χ1) is 13.9. The van der Waals surface area contributed by atoms with Crippen molar-refractivity contribution < 1.29 is 22.4 Å². The summed E-state index contributed by atoms with van der Waals surface area (Å²) in [7, 11) is 1.92. The largest absolute Gasteiger partial charge is 0.416 e. The molecule has 1 unspecified atom stereocenters. The predicted molar refractivity (Wildman–Crippen MR) is 108 cm³/mol. The summed E-state index contributed by atoms with van der Waals surface area (Å²) in [6.07, 6.45) is -2.50. The minimum Gasteiger partial charge on any atom is -0.369 e. The highest BCUT2D eigenvalue weighted by Gasteiger charge is 2.34. The van der Waals surface area contributed by atoms with E-state index in [1.807, 2.05) is 11.9 Å². The van der Waals surface area contributed by atoms with Crippen LogP contribution in [-0.2, 0) is 6.18 Å². The Morgan fingerprint density at radius 1 is 1.27 bits per heavy atom. The Kier molecular flexibility index (Phi) is 5.62. The van der Waals surface area contributed by atoms with Crippen LogP contribution < -0.4 is 10.3 Å². The second-order valence-corrected chi connectivity index (χ2v) is 8.19. The Labute approximate surface area is 172 Å². The van der Waals surface area contributed by atoms with Gasteiger partial charge in [-0.25, -0.2) is 9.82 Å². The van der Waals surface area contributed by atoms with Gasteiger partial charge in [-0.2, -0.15) is 18.3 Å². The van der Waals surface area contributed by atoms with E-state index in [1.54, 1.807) is 6.07 Å². The van der Waals surface area contributed by atoms with E-state index in [0.29, 0.717) is 0 Å². The second kappa shape index (κ2) is 7.74. The summed E-state index contributed by atoms with van der Waals surface area (Å²) >= 11 is 0. The highest BCUT2D eigenvalue weighted by Crippen LogP contribution is 2.43. The fourth-order valence-corrected chi connectivity index (χ4v) is 3.77. The van der Waals surface area contributed by atoms with Crippen LogP contribution in [0.2, 0.25) is 0 Å². The number of rotatable bonds is 3. The van der Waals surface area contributed by atoms with Crippen LogP contribution in [0.3, 0.4) is 0 Å². The zero-order valence-electron chi connectivity index (χ0n) is 17.1. The number of nitrogens with one attached hydrogen (secondary N) is 1. The molecule has 0 fully saturated rings. The number of fused-ring (bicyclic) bond motifs is 1. The van der Waals surface area contributed by atoms with Gasteiger partial charge in [0.25, 0.3) is 5.91 Å². The first kappa shape index (κ1) is 21.8. The fourth-order valence-electron chi connectivity index (χ4n) is 3.77. The molecule has 8 heteroatoms. The van der Waals surface area contributed by atoms with Crippen LogP contribution in [-0.4, -0.2) is 24.7 Å². The molecule has 0 spiro atoms. The summed E-state index contributed by atoms with van der Waals surface area (Å²) in [4.78, 5) is 14.1. The van der Waals surface area contributed by atoms with Crippen LogP contribution in [0.15, 0.2) is 41.5 Å². The molecule has 1 aliphatic heterocycles. The number of alkyl halides is 3. The molecule has 1 N–H and O–H groups in total. The van der Waals surface area contributed by atoms with Crippen molar-refractivity contribution in [2.75, 3.05) is 11.9 Å². The molecule has 1 amide bonds. The normalized spacial score (nSPS) is 18.4. The summed E-state index contributed by atoms with van der Waals surface area (Å²) in [6.45, 7) is 6.27. The monoisotopic (exact) mass is 421 g/mol. The SMILES string of the molecule is CC1CC(C)(C)N(C)c2cc(F)c(/C=N\NC(=O)c3cccc(C(F)(F)F)c3)cc21. The molecule has 1 aliphatic rings. The van der Waals surface area contributed by atoms with Gasteiger partial charge in [0.1, 0.15) is 5.82 Å². The Morgan fingerprint density at radius 2 is 1.97 bits per heavy atom. The molecule has 30 heavy (non-hydrogen) atoms. The van der Waals surface area contributed by atoms with E-state index in [0.717, 1.165) is 42.1 Å². The van der Waals surface area contributed by atoms with Gasteiger partial charge in [-0.1, -0.05) is 13.0 Å². The molecule has 0 aliphatic carbocycles. The predicted octanol–water partition coefficient (Wildman–Crippen LogP) is 5.33. The molecular weight excluding hydrogens is 398 g/mol. The lowest BCUT2D eigenvalue weighted by atomic mass is 9.80. The minimum absolute atomic E-state index is 0.104. The lowest BCUT2D eigenvalue weighted by Gasteiger charge is -2.45. The highest BCUT2D eigenvalue weighted by atomic mass is 19.4. The van der Waals surface area contributed by atoms with Gasteiger partial charge in [-0.15, -0.1) is 0 Å². The number of hydrogen-bond donors (Lipinski definition) is 1. The summed E-state index contributed by atoms with van der Waals surface area (Å²) in [5.74, 6) is -1.10. The van der Waals surface area contributed by atoms with Crippen LogP contribution in [0.5, 0.6) is 0 Å². The van der Waals surface area contributed by atoms with Crippen LogP contribution in [0.25, 0.3) is 0 Å². The van der Waals surface area contributed by atoms with E-state index in [9.17, 15) is 22.4 Å². The second-order valence-electron chi connectivity index (χ2n) is 8.19. The van der Waals surface area contributed by atoms with Crippen LogP contribution in [0.1, 0.15) is 60.2 Å². The number of hydrazone groups is 1. The molecule has 0 saturated carbocycles. The third-order valence-electron chi connectivity index (χ3n) is 5.57. The summed E-state index contributed by atoms with van der Waals surface area (Å²) < 4.78 is 53.0. The van der Waals surface area contributed by atoms with E-state index < -0.39 is 23.5 Å². The molecule has 0 saturated heterocycles. The quantitative estimate of drug-likeness (QED) is 0.414. The number of carbonyl (C=O) groups excluding carboxylic acids is 1. The number of amides is 1. The Morgan fingerprint density at radius 3 is 2.63 bits per heavy atom. The molecule has 2 aromatic rings. The maximum absolute atomic E-state index is 14.6. The van der Waals surface area contributed by atoms with Gasteiger partial charge in [-0.3, -0.25) is 4.79 Å². The maximum atomic E-state index is 14.6. The molecule has 160 valence electrons. The molecule has 0 radical (unpaired) electrons. The van der Waals surface area contributed by atoms with Crippen LogP contribution in [0.4, 0.5) is 23.2 Å². The summed E-state index contributed by atoms with van der Waals surface area (Å²) in [5, 5.41) is 3.73. The number of anilines is 1. The standard InChI is InChI=1S/C22H23F4N3O/c1-13-11-21(2,3)29(4)19-10-18(23)15(9-17(13)19)12-27-28-20(30)14-6-5-7-16(8-14)22(24,25)26/h5-10,12-13H,11H2,1-4H3,(H,28,30)/b27-12-. The number of benzene rings is 2. The van der Waals surface area contributed by atoms with E-state index in [4.69, 9.17) is 0 Å². The van der Waals surface area contributed by atoms with Crippen molar-refractivity contribution >= 4 is 17.8 Å². The fraction of sp³-hybridized carbons (Fsp3) is 0.364. The van der Waals surface area contributed by atoms with Gasteiger partial charge in [0.15, 0.2) is 0 Å². The molecule has 4 nitrogen and oxygen atoms in total. The van der Waals surface area contributed by atoms with Crippen molar-refractivity contribution in [3.05, 3.63) is 64.5 Å². The number of carbonyl (C=O) groups is 1. The average Bonchev–Trinajstić information content (AvgIpc) is 2.66. The molecule has 2 aromatic carbocycles. The zero-order valence-corrected chi connectivity index (χ0v) is 17.1. The van der Waals surface area contributed by atoms with Crippen molar-refractivity contribution in [3.63, 3.8) is 0 Å². The summed E-state index contributed by atoms with van der Waals surface area (Å²) in [5.41, 5.74) is 2.90. The van der Waals surface area contributed by atoms with E-state index in [2.05, 4.69) is 31.3 Å². The van der Waals surface area contributed by atoms with E-state index in [1.165, 1.54) is 12.1 Å². The molecular formula is C22H23F4N3O. The first-order valence-corrected chi connectivity index (χ1v) is 9.48. The van der Waals surface area contributed by atoms with Crippen molar-refractivity contribution in [3.8, 4) is 0 Å². The van der Waals surface area contributed by atoms with Crippen LogP contribution >= 0.6 is 0 Å². The van der Waals surface area contributed by atoms with Crippen LogP contribution in [0, 0.1) is 5.82 Å². The Hall–Kier alpha value is -2.90. The molecule has 0 bridgehead atoms. The minimum atomic E-state index is -4.55. The van der Waals surface area contributed by atoms with Gasteiger partial charge in [0.05, 0.1) is 11.8 Å². The number of hydrogen-bond acceptors (Lipinski definition) is 3. The smallest absolute Gasteiger partial charge is 0.369 e. The Balaban J connectivity index is 1.79. The van der Waals surface area contributed by atoms with E-state index >= 15 is 0 Å². The maximum Gasteiger partial charge on any atom is 0.416 e. The highest BCUT2D eigenvalue weighted by molar-refractivity contribution is 5.95. The van der Waals surface area contributed by atoms with Crippen molar-refractivity contribution in [1.29, 1.82) is 0 Å². The topological polar surface area (TPSA) is 44.7 Å². The van der Waals surface area contributed by atoms with Gasteiger partial charge in [0, 0.05) is 29.4 Å². The average molecular weight is 421 g/mol. The molecule has 1 heterocycles. The van der Waals surface area contributed by atoms with Crippen molar-refractivity contribution in [1.82, 2.24) is 5.43 Å². The van der Waals surface area contributed by atoms with Gasteiger partial charge in [-0.05, 0) is 62.1 Å². The van der Waals surface area contributed by atoms with Crippen molar-refractivity contribution in [2.24, 2.45) is 5.10 Å². The summed E-state index contributed by atoms with van der Waals surface area (Å²) in [6, 6.07) is 7.15. The first-order valence-electron chi connectivity index (χ1n) is 9.48.